The van der Waals surface area contributed by atoms with Crippen LogP contribution in [0, 0.1) is 0 Å². The lowest BCUT2D eigenvalue weighted by molar-refractivity contribution is -0.192. The highest BCUT2D eigenvalue weighted by Crippen LogP contribution is 2.36. The second-order valence-corrected chi connectivity index (χ2v) is 7.43. The number of aliphatic hydroxyl groups excluding tert-OH is 1. The molecule has 3 atom stereocenters. The van der Waals surface area contributed by atoms with E-state index >= 15 is 0 Å². The number of carbonyl (C=O) groups is 1. The number of carboxylic acid groups (broad SMARTS) is 1. The monoisotopic (exact) mass is 439 g/mol. The summed E-state index contributed by atoms with van der Waals surface area (Å²) in [5.41, 5.74) is 2.26. The highest BCUT2D eigenvalue weighted by atomic mass is 19.4. The zero-order chi connectivity index (χ0) is 22.4. The number of rotatable bonds is 5. The Morgan fingerprint density at radius 1 is 1.10 bits per heavy atom. The SMILES string of the molecule is O=C(O)C(F)(F)F.OC(c1ccc2c(c1)OCO2)C1CCC(CCc2ccccc2)N1. The highest BCUT2D eigenvalue weighted by molar-refractivity contribution is 5.73. The first-order chi connectivity index (χ1) is 14.7. The Labute approximate surface area is 177 Å². The first-order valence-electron chi connectivity index (χ1n) is 9.91. The molecule has 9 heteroatoms. The third-order valence-electron chi connectivity index (χ3n) is 5.26. The molecule has 0 amide bonds. The number of ether oxygens (including phenoxy) is 2. The number of hydrogen-bond acceptors (Lipinski definition) is 5. The number of nitrogens with one attached hydrogen (secondary N) is 1. The molecule has 2 aliphatic heterocycles. The van der Waals surface area contributed by atoms with Crippen molar-refractivity contribution in [3.05, 3.63) is 59.7 Å². The Balaban J connectivity index is 0.000000339. The molecule has 0 aliphatic carbocycles. The van der Waals surface area contributed by atoms with E-state index < -0.39 is 18.2 Å². The van der Waals surface area contributed by atoms with E-state index in [0.717, 1.165) is 42.7 Å². The Morgan fingerprint density at radius 2 is 1.77 bits per heavy atom. The topological polar surface area (TPSA) is 88.0 Å². The summed E-state index contributed by atoms with van der Waals surface area (Å²) in [4.78, 5) is 8.90. The molecule has 3 N–H and O–H groups in total. The second-order valence-electron chi connectivity index (χ2n) is 7.43. The van der Waals surface area contributed by atoms with Gasteiger partial charge in [0.1, 0.15) is 0 Å². The van der Waals surface area contributed by atoms with Crippen LogP contribution in [0.5, 0.6) is 11.5 Å². The zero-order valence-corrected chi connectivity index (χ0v) is 16.6. The molecule has 2 aliphatic rings. The van der Waals surface area contributed by atoms with Gasteiger partial charge in [0, 0.05) is 12.1 Å². The van der Waals surface area contributed by atoms with Crippen LogP contribution >= 0.6 is 0 Å². The van der Waals surface area contributed by atoms with Gasteiger partial charge in [0.25, 0.3) is 0 Å². The molecule has 0 radical (unpaired) electrons. The smallest absolute Gasteiger partial charge is 0.475 e. The van der Waals surface area contributed by atoms with Crippen molar-refractivity contribution < 1.29 is 37.7 Å². The van der Waals surface area contributed by atoms with E-state index in [0.29, 0.717) is 6.04 Å². The molecule has 4 rings (SSSR count). The van der Waals surface area contributed by atoms with E-state index in [1.165, 1.54) is 5.56 Å². The first kappa shape index (κ1) is 22.9. The predicted octanol–water partition coefficient (Wildman–Crippen LogP) is 3.84. The van der Waals surface area contributed by atoms with Crippen LogP contribution in [0.15, 0.2) is 48.5 Å². The number of aliphatic hydroxyl groups is 1. The molecule has 3 unspecified atom stereocenters. The third-order valence-corrected chi connectivity index (χ3v) is 5.26. The summed E-state index contributed by atoms with van der Waals surface area (Å²) >= 11 is 0. The summed E-state index contributed by atoms with van der Waals surface area (Å²) in [7, 11) is 0. The fraction of sp³-hybridized carbons (Fsp3) is 0.409. The van der Waals surface area contributed by atoms with Gasteiger partial charge in [-0.1, -0.05) is 36.4 Å². The molecule has 2 heterocycles. The predicted molar refractivity (Wildman–Crippen MR) is 106 cm³/mol. The van der Waals surface area contributed by atoms with Gasteiger partial charge in [-0.3, -0.25) is 0 Å². The van der Waals surface area contributed by atoms with Gasteiger partial charge in [-0.05, 0) is 48.9 Å². The van der Waals surface area contributed by atoms with E-state index in [1.54, 1.807) is 0 Å². The van der Waals surface area contributed by atoms with Gasteiger partial charge in [0.15, 0.2) is 11.5 Å². The Bertz CT molecular complexity index is 875. The molecule has 6 nitrogen and oxygen atoms in total. The fourth-order valence-corrected chi connectivity index (χ4v) is 3.64. The first-order valence-corrected chi connectivity index (χ1v) is 9.91. The van der Waals surface area contributed by atoms with Crippen molar-refractivity contribution in [3.8, 4) is 11.5 Å². The van der Waals surface area contributed by atoms with Gasteiger partial charge in [0.2, 0.25) is 6.79 Å². The van der Waals surface area contributed by atoms with E-state index in [9.17, 15) is 18.3 Å². The lowest BCUT2D eigenvalue weighted by Gasteiger charge is -2.20. The van der Waals surface area contributed by atoms with Crippen LogP contribution < -0.4 is 14.8 Å². The fourth-order valence-electron chi connectivity index (χ4n) is 3.64. The average molecular weight is 439 g/mol. The number of fused-ring (bicyclic) bond motifs is 1. The number of benzene rings is 2. The lowest BCUT2D eigenvalue weighted by atomic mass is 10.0. The molecule has 0 saturated carbocycles. The van der Waals surface area contributed by atoms with Crippen molar-refractivity contribution in [3.63, 3.8) is 0 Å². The number of hydrogen-bond donors (Lipinski definition) is 3. The zero-order valence-electron chi connectivity index (χ0n) is 16.6. The number of halogens is 3. The van der Waals surface area contributed by atoms with Gasteiger partial charge in [-0.25, -0.2) is 4.79 Å². The van der Waals surface area contributed by atoms with Crippen LogP contribution in [0.2, 0.25) is 0 Å². The Morgan fingerprint density at radius 3 is 2.45 bits per heavy atom. The summed E-state index contributed by atoms with van der Waals surface area (Å²) in [5.74, 6) is -1.27. The van der Waals surface area contributed by atoms with Crippen LogP contribution in [-0.4, -0.2) is 41.2 Å². The number of aryl methyl sites for hydroxylation is 1. The van der Waals surface area contributed by atoms with Crippen LogP contribution in [0.25, 0.3) is 0 Å². The lowest BCUT2D eigenvalue weighted by Crippen LogP contribution is -2.34. The third kappa shape index (κ3) is 6.35. The molecule has 1 fully saturated rings. The molecular formula is C22H24F3NO5. The average Bonchev–Trinajstić information content (AvgIpc) is 3.41. The van der Waals surface area contributed by atoms with Crippen molar-refractivity contribution >= 4 is 5.97 Å². The molecule has 31 heavy (non-hydrogen) atoms. The molecule has 0 bridgehead atoms. The minimum atomic E-state index is -5.08. The molecule has 0 aromatic heterocycles. The normalized spacial score (nSPS) is 20.6. The van der Waals surface area contributed by atoms with Crippen molar-refractivity contribution in [1.82, 2.24) is 5.32 Å². The van der Waals surface area contributed by atoms with Gasteiger partial charge in [0.05, 0.1) is 6.10 Å². The van der Waals surface area contributed by atoms with Gasteiger partial charge in [-0.2, -0.15) is 13.2 Å². The minimum Gasteiger partial charge on any atom is -0.475 e. The summed E-state index contributed by atoms with van der Waals surface area (Å²) in [6.45, 7) is 0.262. The van der Waals surface area contributed by atoms with Crippen LogP contribution in [-0.2, 0) is 11.2 Å². The second kappa shape index (κ2) is 10.0. The maximum atomic E-state index is 10.7. The molecule has 2 aromatic rings. The van der Waals surface area contributed by atoms with Gasteiger partial charge >= 0.3 is 12.1 Å². The molecule has 2 aromatic carbocycles. The maximum absolute atomic E-state index is 10.7. The van der Waals surface area contributed by atoms with Gasteiger partial charge < -0.3 is 25.0 Å². The summed E-state index contributed by atoms with van der Waals surface area (Å²) in [5, 5.41) is 21.4. The molecule has 0 spiro atoms. The largest absolute Gasteiger partial charge is 0.490 e. The minimum absolute atomic E-state index is 0.103. The summed E-state index contributed by atoms with van der Waals surface area (Å²) < 4.78 is 42.5. The maximum Gasteiger partial charge on any atom is 0.490 e. The number of carboxylic acids is 1. The van der Waals surface area contributed by atoms with Gasteiger partial charge in [-0.15, -0.1) is 0 Å². The Kier molecular flexibility index (Phi) is 7.40. The van der Waals surface area contributed by atoms with Crippen LogP contribution in [0.4, 0.5) is 13.2 Å². The standard InChI is InChI=1S/C20H23NO3.C2HF3O2/c22-20(15-7-11-18-19(12-15)24-13-23-18)17-10-9-16(21-17)8-6-14-4-2-1-3-5-14;3-2(4,5)1(6)7/h1-5,7,11-12,16-17,20-22H,6,8-10,13H2;(H,6,7). The quantitative estimate of drug-likeness (QED) is 0.656. The van der Waals surface area contributed by atoms with E-state index in [1.807, 2.05) is 18.2 Å². The highest BCUT2D eigenvalue weighted by Gasteiger charge is 2.38. The van der Waals surface area contributed by atoms with E-state index in [-0.39, 0.29) is 12.8 Å². The molecule has 1 saturated heterocycles. The van der Waals surface area contributed by atoms with E-state index in [4.69, 9.17) is 19.4 Å². The molecular weight excluding hydrogens is 415 g/mol. The van der Waals surface area contributed by atoms with Crippen molar-refractivity contribution in [2.45, 2.75) is 50.0 Å². The van der Waals surface area contributed by atoms with Crippen molar-refractivity contribution in [2.24, 2.45) is 0 Å². The summed E-state index contributed by atoms with van der Waals surface area (Å²) in [6.07, 6.45) is -1.31. The number of aliphatic carboxylic acids is 1. The van der Waals surface area contributed by atoms with E-state index in [2.05, 4.69) is 35.6 Å². The molecule has 168 valence electrons. The van der Waals surface area contributed by atoms with Crippen molar-refractivity contribution in [1.29, 1.82) is 0 Å². The van der Waals surface area contributed by atoms with Crippen molar-refractivity contribution in [2.75, 3.05) is 6.79 Å². The summed E-state index contributed by atoms with van der Waals surface area (Å²) in [6, 6.07) is 16.8. The van der Waals surface area contributed by atoms with Crippen LogP contribution in [0.1, 0.15) is 36.5 Å². The number of alkyl halides is 3. The van der Waals surface area contributed by atoms with Crippen LogP contribution in [0.3, 0.4) is 0 Å². The Hall–Kier alpha value is -2.78.